The number of fused-ring (bicyclic) bond motifs is 3. The number of methoxy groups -OCH3 is 3. The van der Waals surface area contributed by atoms with Gasteiger partial charge in [0.2, 0.25) is 0 Å². The molecule has 498 valence electrons. The second kappa shape index (κ2) is 35.8. The van der Waals surface area contributed by atoms with E-state index in [-0.39, 0.29) is 58.5 Å². The molecule has 0 aromatic heterocycles. The molecule has 10 rings (SSSR count). The Morgan fingerprint density at radius 3 is 0.828 bits per heavy atom. The molecule has 18 heteroatoms. The van der Waals surface area contributed by atoms with Crippen molar-refractivity contribution in [2.24, 2.45) is 0 Å². The lowest BCUT2D eigenvalue weighted by atomic mass is 9.94. The normalized spacial score (nSPS) is 16.9. The third-order valence-corrected chi connectivity index (χ3v) is 16.2. The molecule has 0 N–H and O–H groups in total. The Morgan fingerprint density at radius 1 is 0.323 bits per heavy atom. The molecule has 0 spiro atoms. The van der Waals surface area contributed by atoms with E-state index in [0.29, 0.717) is 148 Å². The van der Waals surface area contributed by atoms with Gasteiger partial charge in [-0.25, -0.2) is 0 Å². The van der Waals surface area contributed by atoms with Crippen LogP contribution in [0.2, 0.25) is 0 Å². The predicted molar refractivity (Wildman–Crippen MR) is 352 cm³/mol. The molecule has 3 aliphatic heterocycles. The van der Waals surface area contributed by atoms with Crippen molar-refractivity contribution in [2.45, 2.75) is 116 Å². The van der Waals surface area contributed by atoms with Gasteiger partial charge in [0.25, 0.3) is 0 Å². The Hall–Kier alpha value is -8.10. The lowest BCUT2D eigenvalue weighted by molar-refractivity contribution is -0.169. The zero-order valence-electron chi connectivity index (χ0n) is 54.2. The minimum Gasteiger partial charge on any atom is -0.493 e. The van der Waals surface area contributed by atoms with Crippen LogP contribution in [0.15, 0.2) is 129 Å². The van der Waals surface area contributed by atoms with Crippen LogP contribution < -0.4 is 56.8 Å². The van der Waals surface area contributed by atoms with Crippen molar-refractivity contribution in [3.8, 4) is 69.0 Å². The smallest absolute Gasteiger partial charge is 0.162 e. The molecule has 0 bridgehead atoms. The van der Waals surface area contributed by atoms with Crippen LogP contribution in [0, 0.1) is 0 Å². The van der Waals surface area contributed by atoms with Crippen molar-refractivity contribution < 1.29 is 85.3 Å². The molecular weight excluding hydrogens is 1190 g/mol. The molecule has 3 atom stereocenters. The fourth-order valence-corrected chi connectivity index (χ4v) is 11.4. The van der Waals surface area contributed by atoms with E-state index in [1.807, 2.05) is 54.6 Å². The van der Waals surface area contributed by atoms with E-state index in [1.165, 1.54) is 0 Å². The van der Waals surface area contributed by atoms with Crippen molar-refractivity contribution in [2.75, 3.05) is 101 Å². The molecule has 0 radical (unpaired) electrons. The summed E-state index contributed by atoms with van der Waals surface area (Å²) in [5.74, 6) is 6.91. The van der Waals surface area contributed by atoms with Gasteiger partial charge < -0.3 is 85.3 Å². The molecule has 6 aromatic rings. The zero-order valence-corrected chi connectivity index (χ0v) is 54.2. The van der Waals surface area contributed by atoms with E-state index in [9.17, 15) is 0 Å². The molecule has 0 saturated carbocycles. The molecule has 4 aliphatic rings. The predicted octanol–water partition coefficient (Wildman–Crippen LogP) is 14.0. The summed E-state index contributed by atoms with van der Waals surface area (Å²) >= 11 is 0. The van der Waals surface area contributed by atoms with Crippen molar-refractivity contribution in [1.82, 2.24) is 0 Å². The van der Waals surface area contributed by atoms with Gasteiger partial charge in [0.1, 0.15) is 59.5 Å². The van der Waals surface area contributed by atoms with Gasteiger partial charge in [0.15, 0.2) is 87.9 Å². The van der Waals surface area contributed by atoms with Gasteiger partial charge in [0, 0.05) is 19.8 Å². The molecular formula is C75H90O18. The summed E-state index contributed by atoms with van der Waals surface area (Å²) in [7, 11) is 4.95. The fraction of sp³-hybridized carbons (Fsp3) is 0.440. The number of hydrogen-bond acceptors (Lipinski definition) is 18. The minimum atomic E-state index is -0.209. The third kappa shape index (κ3) is 19.7. The average Bonchev–Trinajstić information content (AvgIpc) is 1.79. The quantitative estimate of drug-likeness (QED) is 0.0269. The highest BCUT2D eigenvalue weighted by Gasteiger charge is 2.25. The van der Waals surface area contributed by atoms with Gasteiger partial charge in [-0.05, 0) is 200 Å². The molecule has 3 saturated heterocycles. The summed E-state index contributed by atoms with van der Waals surface area (Å²) < 4.78 is 111. The zero-order chi connectivity index (χ0) is 64.4. The van der Waals surface area contributed by atoms with Crippen molar-refractivity contribution >= 4 is 0 Å². The summed E-state index contributed by atoms with van der Waals surface area (Å²) in [6, 6.07) is 29.8. The molecule has 93 heavy (non-hydrogen) atoms. The molecule has 0 amide bonds. The Kier molecular flexibility index (Phi) is 26.1. The summed E-state index contributed by atoms with van der Waals surface area (Å²) in [6.07, 6.45) is 15.1. The first kappa shape index (κ1) is 67.8. The third-order valence-electron chi connectivity index (χ3n) is 16.2. The van der Waals surface area contributed by atoms with E-state index >= 15 is 0 Å². The molecule has 6 aromatic carbocycles. The SMILES string of the molecule is C=CCOc1cc(COC2CCCCO2)ccc1OCCOc1cc2c(cc1OC)Cc1cc(OCCOc3ccc(COC4CCCCO4)cc3OCC=C)c(OC)cc1Cc1cc(OCCOc3ccc(COC4CCCCO4)cc3OCC=C)c(OC)cc1C2. The van der Waals surface area contributed by atoms with Crippen LogP contribution >= 0.6 is 0 Å². The maximum absolute atomic E-state index is 6.56. The molecule has 3 heterocycles. The Labute approximate surface area is 547 Å². The van der Waals surface area contributed by atoms with Gasteiger partial charge >= 0.3 is 0 Å². The average molecular weight is 1280 g/mol. The highest BCUT2D eigenvalue weighted by molar-refractivity contribution is 5.58. The van der Waals surface area contributed by atoms with Crippen LogP contribution in [-0.2, 0) is 67.5 Å². The van der Waals surface area contributed by atoms with E-state index in [2.05, 4.69) is 56.1 Å². The number of rotatable bonds is 36. The van der Waals surface area contributed by atoms with E-state index in [4.69, 9.17) is 85.3 Å². The van der Waals surface area contributed by atoms with Gasteiger partial charge in [-0.1, -0.05) is 56.2 Å². The summed E-state index contributed by atoms with van der Waals surface area (Å²) in [5.41, 5.74) is 9.01. The minimum absolute atomic E-state index is 0.209. The summed E-state index contributed by atoms with van der Waals surface area (Å²) in [6.45, 7) is 17.1. The lowest BCUT2D eigenvalue weighted by Crippen LogP contribution is -2.22. The Balaban J connectivity index is 0.877. The van der Waals surface area contributed by atoms with Crippen molar-refractivity contribution in [1.29, 1.82) is 0 Å². The standard InChI is InChI=1S/C75H90O18/c1-7-25-79-67-37-52(49-91-73-16-10-13-28-88-73)19-22-61(67)82-31-34-85-70-46-58-40-56-44-65(77-5)72(87-36-33-84-63-24-21-54(39-69(63)81-27-9-3)51-93-75-18-12-15-30-90-75)48-60(56)42-57-45-66(78-6)71(47-59(57)41-55(58)43-64(70)76-4)86-35-32-83-62-23-20-53(38-68(62)80-26-8-2)50-92-74-17-11-14-29-89-74/h7-9,19-24,37-39,43-48,73-75H,1-3,10-18,25-36,40-42,49-51H2,4-6H3. The van der Waals surface area contributed by atoms with Crippen molar-refractivity contribution in [3.05, 3.63) is 179 Å². The van der Waals surface area contributed by atoms with Crippen LogP contribution in [0.3, 0.4) is 0 Å². The highest BCUT2D eigenvalue weighted by atomic mass is 16.7. The first-order chi connectivity index (χ1) is 45.8. The van der Waals surface area contributed by atoms with Gasteiger partial charge in [0.05, 0.1) is 41.2 Å². The van der Waals surface area contributed by atoms with E-state index in [0.717, 1.165) is 108 Å². The second-order valence-electron chi connectivity index (χ2n) is 22.9. The lowest BCUT2D eigenvalue weighted by Gasteiger charge is -2.23. The van der Waals surface area contributed by atoms with E-state index in [1.54, 1.807) is 39.6 Å². The highest BCUT2D eigenvalue weighted by Crippen LogP contribution is 2.42. The molecule has 18 nitrogen and oxygen atoms in total. The maximum Gasteiger partial charge on any atom is 0.162 e. The van der Waals surface area contributed by atoms with Crippen LogP contribution in [0.5, 0.6) is 69.0 Å². The first-order valence-electron chi connectivity index (χ1n) is 32.5. The maximum atomic E-state index is 6.56. The van der Waals surface area contributed by atoms with Crippen LogP contribution in [0.4, 0.5) is 0 Å². The molecule has 1 aliphatic carbocycles. The Morgan fingerprint density at radius 2 is 0.581 bits per heavy atom. The topological polar surface area (TPSA) is 166 Å². The summed E-state index contributed by atoms with van der Waals surface area (Å²) in [5, 5.41) is 0. The number of benzene rings is 6. The Bertz CT molecular complexity index is 3010. The number of ether oxygens (including phenoxy) is 18. The first-order valence-corrected chi connectivity index (χ1v) is 32.5. The molecule has 3 fully saturated rings. The van der Waals surface area contributed by atoms with Crippen LogP contribution in [0.1, 0.15) is 108 Å². The van der Waals surface area contributed by atoms with Gasteiger partial charge in [-0.15, -0.1) is 0 Å². The van der Waals surface area contributed by atoms with Crippen LogP contribution in [0.25, 0.3) is 0 Å². The largest absolute Gasteiger partial charge is 0.493 e. The van der Waals surface area contributed by atoms with Crippen LogP contribution in [-0.4, -0.2) is 119 Å². The second-order valence-corrected chi connectivity index (χ2v) is 22.9. The summed E-state index contributed by atoms with van der Waals surface area (Å²) in [4.78, 5) is 0. The van der Waals surface area contributed by atoms with E-state index < -0.39 is 0 Å². The fourth-order valence-electron chi connectivity index (χ4n) is 11.4. The molecule has 3 unspecified atom stereocenters. The van der Waals surface area contributed by atoms with Gasteiger partial charge in [-0.2, -0.15) is 0 Å². The van der Waals surface area contributed by atoms with Crippen molar-refractivity contribution in [3.63, 3.8) is 0 Å². The monoisotopic (exact) mass is 1280 g/mol. The van der Waals surface area contributed by atoms with Gasteiger partial charge in [-0.3, -0.25) is 0 Å². The number of hydrogen-bond donors (Lipinski definition) is 0.